The number of carbonyl (C=O) groups excluding carboxylic acids is 1. The zero-order chi connectivity index (χ0) is 23.7. The lowest BCUT2D eigenvalue weighted by atomic mass is 10.1. The Hall–Kier alpha value is -3.75. The van der Waals surface area contributed by atoms with Gasteiger partial charge in [-0.2, -0.15) is 0 Å². The highest BCUT2D eigenvalue weighted by Gasteiger charge is 2.29. The van der Waals surface area contributed by atoms with Crippen LogP contribution < -0.4 is 4.90 Å². The summed E-state index contributed by atoms with van der Waals surface area (Å²) in [6.07, 6.45) is 3.88. The normalized spacial score (nSPS) is 16.1. The Morgan fingerprint density at radius 1 is 0.971 bits per heavy atom. The molecule has 176 valence electrons. The van der Waals surface area contributed by atoms with Crippen molar-refractivity contribution in [3.05, 3.63) is 75.9 Å². The van der Waals surface area contributed by atoms with E-state index in [0.29, 0.717) is 43.3 Å². The molecule has 2 aliphatic rings. The molecule has 0 saturated carbocycles. The lowest BCUT2D eigenvalue weighted by Crippen LogP contribution is -2.49. The van der Waals surface area contributed by atoms with E-state index in [9.17, 15) is 19.3 Å². The van der Waals surface area contributed by atoms with E-state index in [0.717, 1.165) is 43.6 Å². The standard InChI is InChI=1S/C25H26FN5O3/c26-19-6-4-5-18(17-19)24-27-23(22-7-2-1-3-12-30(22)24)25(32)29-15-13-28(14-16-29)20-8-10-21(11-9-20)31(33)34/h4-6,8-11,17H,1-3,7,12-16H2. The highest BCUT2D eigenvalue weighted by Crippen LogP contribution is 2.29. The number of hydrogen-bond acceptors (Lipinski definition) is 5. The molecule has 0 radical (unpaired) electrons. The summed E-state index contributed by atoms with van der Waals surface area (Å²) in [5, 5.41) is 10.9. The van der Waals surface area contributed by atoms with Gasteiger partial charge in [0.1, 0.15) is 17.3 Å². The van der Waals surface area contributed by atoms with Crippen LogP contribution in [-0.4, -0.2) is 51.5 Å². The van der Waals surface area contributed by atoms with Crippen LogP contribution in [0.4, 0.5) is 15.8 Å². The smallest absolute Gasteiger partial charge is 0.274 e. The van der Waals surface area contributed by atoms with Gasteiger partial charge in [-0.3, -0.25) is 14.9 Å². The lowest BCUT2D eigenvalue weighted by Gasteiger charge is -2.36. The second kappa shape index (κ2) is 9.24. The molecule has 3 heterocycles. The van der Waals surface area contributed by atoms with E-state index < -0.39 is 4.92 Å². The molecular weight excluding hydrogens is 437 g/mol. The average Bonchev–Trinajstić information content (AvgIpc) is 3.04. The molecule has 3 aromatic rings. The Morgan fingerprint density at radius 3 is 2.44 bits per heavy atom. The summed E-state index contributed by atoms with van der Waals surface area (Å²) in [4.78, 5) is 32.7. The van der Waals surface area contributed by atoms with Crippen molar-refractivity contribution >= 4 is 17.3 Å². The first-order valence-electron chi connectivity index (χ1n) is 11.7. The van der Waals surface area contributed by atoms with Gasteiger partial charge in [0.05, 0.1) is 10.6 Å². The number of rotatable bonds is 4. The summed E-state index contributed by atoms with van der Waals surface area (Å²) in [6, 6.07) is 12.9. The van der Waals surface area contributed by atoms with Crippen LogP contribution in [0.25, 0.3) is 11.4 Å². The Kier molecular flexibility index (Phi) is 6.00. The van der Waals surface area contributed by atoms with Crippen LogP contribution in [0.3, 0.4) is 0 Å². The third-order valence-corrected chi connectivity index (χ3v) is 6.65. The van der Waals surface area contributed by atoms with Crippen LogP contribution in [-0.2, 0) is 13.0 Å². The molecule has 0 aliphatic carbocycles. The number of nitro groups is 1. The van der Waals surface area contributed by atoms with Gasteiger partial charge in [-0.15, -0.1) is 0 Å². The van der Waals surface area contributed by atoms with Crippen LogP contribution in [0.2, 0.25) is 0 Å². The highest BCUT2D eigenvalue weighted by molar-refractivity contribution is 5.94. The Labute approximate surface area is 196 Å². The van der Waals surface area contributed by atoms with Crippen molar-refractivity contribution in [2.45, 2.75) is 32.2 Å². The summed E-state index contributed by atoms with van der Waals surface area (Å²) >= 11 is 0. The first-order chi connectivity index (χ1) is 16.5. The number of nitro benzene ring substituents is 1. The Bertz CT molecular complexity index is 1220. The molecule has 34 heavy (non-hydrogen) atoms. The lowest BCUT2D eigenvalue weighted by molar-refractivity contribution is -0.384. The van der Waals surface area contributed by atoms with E-state index in [1.165, 1.54) is 24.3 Å². The fraction of sp³-hybridized carbons (Fsp3) is 0.360. The fourth-order valence-corrected chi connectivity index (χ4v) is 4.84. The van der Waals surface area contributed by atoms with Gasteiger partial charge in [0.25, 0.3) is 11.6 Å². The molecule has 1 saturated heterocycles. The number of benzene rings is 2. The number of non-ortho nitro benzene ring substituents is 1. The van der Waals surface area contributed by atoms with Crippen LogP contribution in [0.5, 0.6) is 0 Å². The van der Waals surface area contributed by atoms with Crippen LogP contribution in [0.15, 0.2) is 48.5 Å². The van der Waals surface area contributed by atoms with Gasteiger partial charge >= 0.3 is 0 Å². The number of carbonyl (C=O) groups is 1. The molecule has 2 aliphatic heterocycles. The fourth-order valence-electron chi connectivity index (χ4n) is 4.84. The molecule has 1 aromatic heterocycles. The SMILES string of the molecule is O=C(c1nc(-c2cccc(F)c2)n2c1CCCCC2)N1CCN(c2ccc([N+](=O)[O-])cc2)CC1. The van der Waals surface area contributed by atoms with E-state index >= 15 is 0 Å². The number of hydrogen-bond donors (Lipinski definition) is 0. The average molecular weight is 464 g/mol. The quantitative estimate of drug-likeness (QED) is 0.426. The minimum Gasteiger partial charge on any atom is -0.368 e. The van der Waals surface area contributed by atoms with Crippen molar-refractivity contribution in [1.82, 2.24) is 14.5 Å². The molecule has 0 bridgehead atoms. The van der Waals surface area contributed by atoms with E-state index in [1.54, 1.807) is 18.2 Å². The molecule has 0 atom stereocenters. The maximum Gasteiger partial charge on any atom is 0.274 e. The van der Waals surface area contributed by atoms with Crippen molar-refractivity contribution in [1.29, 1.82) is 0 Å². The molecule has 1 amide bonds. The zero-order valence-corrected chi connectivity index (χ0v) is 18.8. The maximum absolute atomic E-state index is 13.9. The molecule has 0 unspecified atom stereocenters. The summed E-state index contributed by atoms with van der Waals surface area (Å²) in [6.45, 7) is 3.12. The highest BCUT2D eigenvalue weighted by atomic mass is 19.1. The van der Waals surface area contributed by atoms with E-state index in [4.69, 9.17) is 4.98 Å². The molecule has 9 heteroatoms. The van der Waals surface area contributed by atoms with E-state index in [2.05, 4.69) is 9.47 Å². The second-order valence-electron chi connectivity index (χ2n) is 8.76. The molecule has 2 aromatic carbocycles. The van der Waals surface area contributed by atoms with Gasteiger partial charge < -0.3 is 14.4 Å². The van der Waals surface area contributed by atoms with Crippen molar-refractivity contribution in [2.75, 3.05) is 31.1 Å². The zero-order valence-electron chi connectivity index (χ0n) is 18.8. The van der Waals surface area contributed by atoms with Gasteiger partial charge in [-0.1, -0.05) is 18.6 Å². The predicted molar refractivity (Wildman–Crippen MR) is 126 cm³/mol. The monoisotopic (exact) mass is 463 g/mol. The van der Waals surface area contributed by atoms with Crippen molar-refractivity contribution in [2.24, 2.45) is 0 Å². The van der Waals surface area contributed by atoms with Crippen LogP contribution in [0, 0.1) is 15.9 Å². The third-order valence-electron chi connectivity index (χ3n) is 6.65. The Balaban J connectivity index is 1.36. The number of imidazole rings is 1. The number of piperazine rings is 1. The minimum atomic E-state index is -0.410. The molecule has 1 fully saturated rings. The summed E-state index contributed by atoms with van der Waals surface area (Å²) in [5.74, 6) is 0.250. The van der Waals surface area contributed by atoms with Gasteiger partial charge in [0, 0.05) is 56.1 Å². The topological polar surface area (TPSA) is 84.5 Å². The van der Waals surface area contributed by atoms with E-state index in [-0.39, 0.29) is 17.4 Å². The number of halogens is 1. The number of aromatic nitrogens is 2. The summed E-state index contributed by atoms with van der Waals surface area (Å²) in [7, 11) is 0. The van der Waals surface area contributed by atoms with Crippen molar-refractivity contribution < 1.29 is 14.1 Å². The van der Waals surface area contributed by atoms with Gasteiger partial charge in [-0.25, -0.2) is 9.37 Å². The van der Waals surface area contributed by atoms with Crippen molar-refractivity contribution in [3.63, 3.8) is 0 Å². The summed E-state index contributed by atoms with van der Waals surface area (Å²) in [5.41, 5.74) is 3.07. The Morgan fingerprint density at radius 2 is 1.74 bits per heavy atom. The molecule has 0 spiro atoms. The predicted octanol–water partition coefficient (Wildman–Crippen LogP) is 4.29. The first-order valence-corrected chi connectivity index (χ1v) is 11.7. The molecule has 0 N–H and O–H groups in total. The number of fused-ring (bicyclic) bond motifs is 1. The second-order valence-corrected chi connectivity index (χ2v) is 8.76. The van der Waals surface area contributed by atoms with E-state index in [1.807, 2.05) is 11.0 Å². The number of amides is 1. The van der Waals surface area contributed by atoms with Crippen LogP contribution >= 0.6 is 0 Å². The molecule has 5 rings (SSSR count). The van der Waals surface area contributed by atoms with Crippen molar-refractivity contribution in [3.8, 4) is 11.4 Å². The molecular formula is C25H26FN5O3. The first kappa shape index (κ1) is 22.1. The van der Waals surface area contributed by atoms with Crippen LogP contribution in [0.1, 0.15) is 35.4 Å². The number of anilines is 1. The maximum atomic E-state index is 13.9. The van der Waals surface area contributed by atoms with Gasteiger partial charge in [0.2, 0.25) is 0 Å². The minimum absolute atomic E-state index is 0.0622. The summed E-state index contributed by atoms with van der Waals surface area (Å²) < 4.78 is 16.0. The molecule has 8 nitrogen and oxygen atoms in total. The van der Waals surface area contributed by atoms with Gasteiger partial charge in [0.15, 0.2) is 0 Å². The van der Waals surface area contributed by atoms with Gasteiger partial charge in [-0.05, 0) is 43.5 Å². The largest absolute Gasteiger partial charge is 0.368 e. The number of nitrogens with zero attached hydrogens (tertiary/aromatic N) is 5. The third kappa shape index (κ3) is 4.25.